The van der Waals surface area contributed by atoms with Crippen molar-refractivity contribution in [1.29, 1.82) is 0 Å². The van der Waals surface area contributed by atoms with E-state index in [0.717, 1.165) is 21.6 Å². The maximum atomic E-state index is 12.2. The van der Waals surface area contributed by atoms with Gasteiger partial charge >= 0.3 is 0 Å². The Labute approximate surface area is 148 Å². The SMILES string of the molecule is CCN(CC)C(=O)C[NH+](C)CC(=O)N[C@@H](C)c1cc2ccccc2o1. The first-order valence-electron chi connectivity index (χ1n) is 8.81. The maximum Gasteiger partial charge on any atom is 0.277 e. The molecule has 0 radical (unpaired) electrons. The van der Waals surface area contributed by atoms with Crippen molar-refractivity contribution in [2.24, 2.45) is 0 Å². The molecule has 6 nitrogen and oxygen atoms in total. The number of benzene rings is 1. The minimum absolute atomic E-state index is 0.0700. The predicted octanol–water partition coefficient (Wildman–Crippen LogP) is 0.993. The molecule has 0 saturated heterocycles. The third-order valence-electron chi connectivity index (χ3n) is 4.28. The Morgan fingerprint density at radius 3 is 2.52 bits per heavy atom. The van der Waals surface area contributed by atoms with Gasteiger partial charge in [-0.25, -0.2) is 0 Å². The smallest absolute Gasteiger partial charge is 0.277 e. The first kappa shape index (κ1) is 19.0. The Balaban J connectivity index is 1.87. The van der Waals surface area contributed by atoms with Crippen LogP contribution in [0, 0.1) is 0 Å². The molecule has 2 N–H and O–H groups in total. The van der Waals surface area contributed by atoms with Crippen molar-refractivity contribution < 1.29 is 18.9 Å². The van der Waals surface area contributed by atoms with Crippen LogP contribution in [0.4, 0.5) is 0 Å². The fourth-order valence-electron chi connectivity index (χ4n) is 2.86. The van der Waals surface area contributed by atoms with Gasteiger partial charge < -0.3 is 19.5 Å². The molecule has 0 aliphatic rings. The molecule has 0 aliphatic heterocycles. The van der Waals surface area contributed by atoms with Crippen LogP contribution in [0.1, 0.15) is 32.6 Å². The molecule has 1 heterocycles. The molecule has 0 saturated carbocycles. The second-order valence-electron chi connectivity index (χ2n) is 6.35. The highest BCUT2D eigenvalue weighted by Gasteiger charge is 2.20. The van der Waals surface area contributed by atoms with Gasteiger partial charge in [0.25, 0.3) is 11.8 Å². The van der Waals surface area contributed by atoms with Gasteiger partial charge in [-0.15, -0.1) is 0 Å². The molecule has 0 aliphatic carbocycles. The lowest BCUT2D eigenvalue weighted by molar-refractivity contribution is -0.863. The lowest BCUT2D eigenvalue weighted by Gasteiger charge is -2.21. The van der Waals surface area contributed by atoms with Gasteiger partial charge in [0.2, 0.25) is 0 Å². The summed E-state index contributed by atoms with van der Waals surface area (Å²) in [5, 5.41) is 3.96. The van der Waals surface area contributed by atoms with Crippen LogP contribution in [0.2, 0.25) is 0 Å². The number of carbonyl (C=O) groups is 2. The monoisotopic (exact) mass is 346 g/mol. The molecule has 0 spiro atoms. The van der Waals surface area contributed by atoms with Gasteiger partial charge in [-0.05, 0) is 32.9 Å². The molecule has 2 rings (SSSR count). The van der Waals surface area contributed by atoms with Crippen LogP contribution < -0.4 is 10.2 Å². The fraction of sp³-hybridized carbons (Fsp3) is 0.474. The fourth-order valence-corrected chi connectivity index (χ4v) is 2.86. The Bertz CT molecular complexity index is 689. The van der Waals surface area contributed by atoms with E-state index in [9.17, 15) is 9.59 Å². The lowest BCUT2D eigenvalue weighted by atomic mass is 10.2. The zero-order chi connectivity index (χ0) is 18.4. The zero-order valence-electron chi connectivity index (χ0n) is 15.5. The summed E-state index contributed by atoms with van der Waals surface area (Å²) in [6.45, 7) is 7.75. The van der Waals surface area contributed by atoms with E-state index in [1.54, 1.807) is 4.90 Å². The summed E-state index contributed by atoms with van der Waals surface area (Å²) in [6.07, 6.45) is 0. The number of hydrogen-bond donors (Lipinski definition) is 2. The van der Waals surface area contributed by atoms with E-state index < -0.39 is 0 Å². The normalized spacial score (nSPS) is 13.4. The predicted molar refractivity (Wildman–Crippen MR) is 97.3 cm³/mol. The minimum Gasteiger partial charge on any atom is -0.459 e. The second-order valence-corrected chi connectivity index (χ2v) is 6.35. The van der Waals surface area contributed by atoms with Crippen molar-refractivity contribution in [3.63, 3.8) is 0 Å². The number of nitrogens with one attached hydrogen (secondary N) is 2. The molecule has 2 amide bonds. The van der Waals surface area contributed by atoms with Crippen LogP contribution in [0.3, 0.4) is 0 Å². The highest BCUT2D eigenvalue weighted by atomic mass is 16.3. The van der Waals surface area contributed by atoms with E-state index in [-0.39, 0.29) is 24.4 Å². The van der Waals surface area contributed by atoms with Crippen LogP contribution in [-0.2, 0) is 9.59 Å². The number of furan rings is 1. The number of nitrogens with zero attached hydrogens (tertiary/aromatic N) is 1. The van der Waals surface area contributed by atoms with Crippen LogP contribution in [0.25, 0.3) is 11.0 Å². The van der Waals surface area contributed by atoms with E-state index in [1.165, 1.54) is 0 Å². The standard InChI is InChI=1S/C19H27N3O3/c1-5-22(6-2)19(24)13-21(4)12-18(23)20-14(3)17-11-15-9-7-8-10-16(15)25-17/h7-11,14H,5-6,12-13H2,1-4H3,(H,20,23)/p+1/t14-/m0/s1. The number of quaternary nitrogens is 1. The zero-order valence-corrected chi connectivity index (χ0v) is 15.5. The number of hydrogen-bond acceptors (Lipinski definition) is 3. The molecule has 0 bridgehead atoms. The number of fused-ring (bicyclic) bond motifs is 1. The summed E-state index contributed by atoms with van der Waals surface area (Å²) >= 11 is 0. The van der Waals surface area contributed by atoms with Gasteiger partial charge in [-0.1, -0.05) is 18.2 Å². The van der Waals surface area contributed by atoms with Crippen LogP contribution in [-0.4, -0.2) is 49.9 Å². The molecule has 1 aromatic heterocycles. The van der Waals surface area contributed by atoms with Gasteiger partial charge in [-0.2, -0.15) is 0 Å². The number of para-hydroxylation sites is 1. The summed E-state index contributed by atoms with van der Waals surface area (Å²) < 4.78 is 5.78. The largest absolute Gasteiger partial charge is 0.459 e. The van der Waals surface area contributed by atoms with Crippen molar-refractivity contribution in [1.82, 2.24) is 10.2 Å². The molecule has 1 aromatic carbocycles. The number of amides is 2. The van der Waals surface area contributed by atoms with Crippen molar-refractivity contribution >= 4 is 22.8 Å². The van der Waals surface area contributed by atoms with E-state index in [0.29, 0.717) is 19.6 Å². The van der Waals surface area contributed by atoms with Crippen LogP contribution >= 0.6 is 0 Å². The van der Waals surface area contributed by atoms with Crippen molar-refractivity contribution in [3.05, 3.63) is 36.1 Å². The molecule has 136 valence electrons. The summed E-state index contributed by atoms with van der Waals surface area (Å²) in [5.74, 6) is 0.699. The maximum absolute atomic E-state index is 12.2. The Kier molecular flexibility index (Phi) is 6.58. The average Bonchev–Trinajstić information content (AvgIpc) is 2.99. The van der Waals surface area contributed by atoms with Gasteiger partial charge in [0.15, 0.2) is 13.1 Å². The highest BCUT2D eigenvalue weighted by molar-refractivity contribution is 5.80. The highest BCUT2D eigenvalue weighted by Crippen LogP contribution is 2.23. The topological polar surface area (TPSA) is 67.0 Å². The Morgan fingerprint density at radius 2 is 1.88 bits per heavy atom. The van der Waals surface area contributed by atoms with Gasteiger partial charge in [0, 0.05) is 18.5 Å². The van der Waals surface area contributed by atoms with Crippen molar-refractivity contribution in [2.75, 3.05) is 33.2 Å². The third kappa shape index (κ3) is 5.06. The summed E-state index contributed by atoms with van der Waals surface area (Å²) in [7, 11) is 1.85. The summed E-state index contributed by atoms with van der Waals surface area (Å²) in [6, 6.07) is 9.49. The van der Waals surface area contributed by atoms with Gasteiger partial charge in [-0.3, -0.25) is 9.59 Å². The van der Waals surface area contributed by atoms with Crippen LogP contribution in [0.5, 0.6) is 0 Å². The molecule has 25 heavy (non-hydrogen) atoms. The number of carbonyl (C=O) groups excluding carboxylic acids is 2. The number of likely N-dealkylation sites (N-methyl/N-ethyl adjacent to an activating group) is 2. The molecule has 6 heteroatoms. The van der Waals surface area contributed by atoms with E-state index in [2.05, 4.69) is 5.32 Å². The molecular weight excluding hydrogens is 318 g/mol. The van der Waals surface area contributed by atoms with E-state index in [1.807, 2.05) is 58.2 Å². The first-order valence-corrected chi connectivity index (χ1v) is 8.81. The van der Waals surface area contributed by atoms with E-state index >= 15 is 0 Å². The van der Waals surface area contributed by atoms with Crippen LogP contribution in [0.15, 0.2) is 34.7 Å². The van der Waals surface area contributed by atoms with Crippen molar-refractivity contribution in [2.45, 2.75) is 26.8 Å². The van der Waals surface area contributed by atoms with Gasteiger partial charge in [0.05, 0.1) is 13.1 Å². The summed E-state index contributed by atoms with van der Waals surface area (Å²) in [5.41, 5.74) is 0.811. The Morgan fingerprint density at radius 1 is 1.20 bits per heavy atom. The number of rotatable bonds is 8. The molecule has 1 unspecified atom stereocenters. The first-order chi connectivity index (χ1) is 11.9. The third-order valence-corrected chi connectivity index (χ3v) is 4.28. The second kappa shape index (κ2) is 8.67. The summed E-state index contributed by atoms with van der Waals surface area (Å²) in [4.78, 5) is 27.0. The van der Waals surface area contributed by atoms with Gasteiger partial charge in [0.1, 0.15) is 11.3 Å². The van der Waals surface area contributed by atoms with Crippen molar-refractivity contribution in [3.8, 4) is 0 Å². The minimum atomic E-state index is -0.216. The molecule has 2 aromatic rings. The average molecular weight is 346 g/mol. The quantitative estimate of drug-likeness (QED) is 0.749. The molecular formula is C19H28N3O3+. The lowest BCUT2D eigenvalue weighted by Crippen LogP contribution is -3.11. The molecule has 0 fully saturated rings. The molecule has 2 atom stereocenters. The Hall–Kier alpha value is -2.34. The van der Waals surface area contributed by atoms with E-state index in [4.69, 9.17) is 4.42 Å².